The quantitative estimate of drug-likeness (QED) is 0.798. The molecule has 3 N–H and O–H groups in total. The van der Waals surface area contributed by atoms with E-state index in [0.29, 0.717) is 10.2 Å². The summed E-state index contributed by atoms with van der Waals surface area (Å²) in [4.78, 5) is 11.5. The molecule has 0 unspecified atom stereocenters. The molecular formula is C12H14BrF3N2O2. The summed E-state index contributed by atoms with van der Waals surface area (Å²) in [5.74, 6) is -1.51. The first-order chi connectivity index (χ1) is 9.22. The van der Waals surface area contributed by atoms with Crippen LogP contribution in [0.1, 0.15) is 6.92 Å². The number of halogens is 4. The summed E-state index contributed by atoms with van der Waals surface area (Å²) in [5, 5.41) is 2.51. The van der Waals surface area contributed by atoms with Crippen molar-refractivity contribution in [1.29, 1.82) is 0 Å². The molecule has 4 nitrogen and oxygen atoms in total. The van der Waals surface area contributed by atoms with Gasteiger partial charge in [-0.3, -0.25) is 0 Å². The summed E-state index contributed by atoms with van der Waals surface area (Å²) in [6.45, 7) is 0.413. The molecule has 20 heavy (non-hydrogen) atoms. The number of carbonyl (C=O) groups is 1. The topological polar surface area (TPSA) is 64.3 Å². The van der Waals surface area contributed by atoms with Gasteiger partial charge in [0.1, 0.15) is 0 Å². The lowest BCUT2D eigenvalue weighted by Crippen LogP contribution is -2.64. The SMILES string of the molecule is CCOC(=O)[C@@](N)(CNc1ccccc1Br)C(F)(F)F. The van der Waals surface area contributed by atoms with Crippen LogP contribution in [0.3, 0.4) is 0 Å². The Bertz CT molecular complexity index is 482. The molecule has 0 saturated carbocycles. The van der Waals surface area contributed by atoms with E-state index in [-0.39, 0.29) is 6.61 Å². The maximum Gasteiger partial charge on any atom is 0.418 e. The van der Waals surface area contributed by atoms with Crippen molar-refractivity contribution in [1.82, 2.24) is 0 Å². The zero-order chi connectivity index (χ0) is 15.4. The van der Waals surface area contributed by atoms with Gasteiger partial charge in [-0.05, 0) is 35.0 Å². The van der Waals surface area contributed by atoms with Gasteiger partial charge >= 0.3 is 12.1 Å². The molecule has 1 aromatic rings. The summed E-state index contributed by atoms with van der Waals surface area (Å²) in [6.07, 6.45) is -4.92. The van der Waals surface area contributed by atoms with Crippen molar-refractivity contribution in [2.75, 3.05) is 18.5 Å². The van der Waals surface area contributed by atoms with Crippen LogP contribution in [-0.2, 0) is 9.53 Å². The van der Waals surface area contributed by atoms with Crippen LogP contribution in [0, 0.1) is 0 Å². The number of alkyl halides is 3. The third kappa shape index (κ3) is 3.63. The highest BCUT2D eigenvalue weighted by molar-refractivity contribution is 9.10. The number of esters is 1. The zero-order valence-electron chi connectivity index (χ0n) is 10.6. The Hall–Kier alpha value is -1.28. The van der Waals surface area contributed by atoms with E-state index in [1.807, 2.05) is 0 Å². The second-order valence-corrected chi connectivity index (χ2v) is 4.88. The molecular weight excluding hydrogens is 341 g/mol. The number of nitrogens with two attached hydrogens (primary N) is 1. The summed E-state index contributed by atoms with van der Waals surface area (Å²) in [6, 6.07) is 6.56. The molecule has 0 heterocycles. The monoisotopic (exact) mass is 354 g/mol. The number of rotatable bonds is 5. The van der Waals surface area contributed by atoms with E-state index in [2.05, 4.69) is 26.0 Å². The second-order valence-electron chi connectivity index (χ2n) is 4.02. The lowest BCUT2D eigenvalue weighted by Gasteiger charge is -2.29. The molecule has 0 aliphatic carbocycles. The van der Waals surface area contributed by atoms with Crippen LogP contribution < -0.4 is 11.1 Å². The summed E-state index contributed by atoms with van der Waals surface area (Å²) in [5.41, 5.74) is 2.53. The Morgan fingerprint density at radius 2 is 2.00 bits per heavy atom. The minimum Gasteiger partial charge on any atom is -0.464 e. The van der Waals surface area contributed by atoms with Crippen LogP contribution >= 0.6 is 15.9 Å². The van der Waals surface area contributed by atoms with Gasteiger partial charge in [-0.1, -0.05) is 12.1 Å². The third-order valence-electron chi connectivity index (χ3n) is 2.58. The fourth-order valence-electron chi connectivity index (χ4n) is 1.39. The van der Waals surface area contributed by atoms with Crippen molar-refractivity contribution in [3.63, 3.8) is 0 Å². The molecule has 0 amide bonds. The summed E-state index contributed by atoms with van der Waals surface area (Å²) >= 11 is 3.18. The van der Waals surface area contributed by atoms with Crippen LogP contribution in [0.4, 0.5) is 18.9 Å². The molecule has 1 aromatic carbocycles. The van der Waals surface area contributed by atoms with Gasteiger partial charge in [0.05, 0.1) is 13.2 Å². The van der Waals surface area contributed by atoms with Crippen molar-refractivity contribution >= 4 is 27.6 Å². The fraction of sp³-hybridized carbons (Fsp3) is 0.417. The standard InChI is InChI=1S/C12H14BrF3N2O2/c1-2-20-10(19)11(17,12(14,15)16)7-18-9-6-4-3-5-8(9)13/h3-6,18H,2,7,17H2,1H3/t11-/m0/s1. The normalized spacial score (nSPS) is 14.5. The number of nitrogens with one attached hydrogen (secondary N) is 1. The molecule has 8 heteroatoms. The van der Waals surface area contributed by atoms with Crippen molar-refractivity contribution in [2.24, 2.45) is 5.73 Å². The van der Waals surface area contributed by atoms with Gasteiger partial charge in [0.2, 0.25) is 5.54 Å². The number of hydrogen-bond acceptors (Lipinski definition) is 4. The van der Waals surface area contributed by atoms with Gasteiger partial charge < -0.3 is 15.8 Å². The lowest BCUT2D eigenvalue weighted by atomic mass is 10.0. The Labute approximate surface area is 122 Å². The Balaban J connectivity index is 2.92. The van der Waals surface area contributed by atoms with E-state index in [0.717, 1.165) is 0 Å². The molecule has 0 fully saturated rings. The number of ether oxygens (including phenoxy) is 1. The molecule has 1 rings (SSSR count). The molecule has 0 spiro atoms. The number of carbonyl (C=O) groups excluding carboxylic acids is 1. The lowest BCUT2D eigenvalue weighted by molar-refractivity contribution is -0.202. The first-order valence-electron chi connectivity index (χ1n) is 5.73. The second kappa shape index (κ2) is 6.45. The number of hydrogen-bond donors (Lipinski definition) is 2. The van der Waals surface area contributed by atoms with Crippen molar-refractivity contribution in [2.45, 2.75) is 18.6 Å². The van der Waals surface area contributed by atoms with Crippen LogP contribution in [0.5, 0.6) is 0 Å². The van der Waals surface area contributed by atoms with Gasteiger partial charge in [-0.25, -0.2) is 4.79 Å². The van der Waals surface area contributed by atoms with Gasteiger partial charge in [-0.15, -0.1) is 0 Å². The van der Waals surface area contributed by atoms with Crippen molar-refractivity contribution in [3.05, 3.63) is 28.7 Å². The van der Waals surface area contributed by atoms with Crippen LogP contribution in [-0.4, -0.2) is 30.8 Å². The third-order valence-corrected chi connectivity index (χ3v) is 3.27. The highest BCUT2D eigenvalue weighted by atomic mass is 79.9. The van der Waals surface area contributed by atoms with E-state index >= 15 is 0 Å². The van der Waals surface area contributed by atoms with E-state index in [9.17, 15) is 18.0 Å². The van der Waals surface area contributed by atoms with Gasteiger partial charge in [0.25, 0.3) is 0 Å². The highest BCUT2D eigenvalue weighted by Crippen LogP contribution is 2.31. The largest absolute Gasteiger partial charge is 0.464 e. The molecule has 0 radical (unpaired) electrons. The number of benzene rings is 1. The fourth-order valence-corrected chi connectivity index (χ4v) is 1.81. The zero-order valence-corrected chi connectivity index (χ0v) is 12.2. The Morgan fingerprint density at radius 3 is 2.50 bits per heavy atom. The van der Waals surface area contributed by atoms with Gasteiger partial charge in [0, 0.05) is 10.2 Å². The molecule has 1 atom stereocenters. The maximum atomic E-state index is 13.0. The van der Waals surface area contributed by atoms with E-state index in [4.69, 9.17) is 5.73 Å². The highest BCUT2D eigenvalue weighted by Gasteiger charge is 2.59. The minimum atomic E-state index is -4.92. The number of anilines is 1. The van der Waals surface area contributed by atoms with Gasteiger partial charge in [0.15, 0.2) is 0 Å². The summed E-state index contributed by atoms with van der Waals surface area (Å²) in [7, 11) is 0. The average Bonchev–Trinajstić information content (AvgIpc) is 2.36. The molecule has 0 aliphatic rings. The molecule has 112 valence electrons. The first-order valence-corrected chi connectivity index (χ1v) is 6.53. The van der Waals surface area contributed by atoms with E-state index < -0.39 is 24.2 Å². The molecule has 0 saturated heterocycles. The van der Waals surface area contributed by atoms with E-state index in [1.165, 1.54) is 6.92 Å². The van der Waals surface area contributed by atoms with Crippen LogP contribution in [0.2, 0.25) is 0 Å². The predicted octanol–water partition coefficient (Wildman–Crippen LogP) is 2.68. The number of para-hydroxylation sites is 1. The first kappa shape index (κ1) is 16.8. The smallest absolute Gasteiger partial charge is 0.418 e. The van der Waals surface area contributed by atoms with Crippen molar-refractivity contribution < 1.29 is 22.7 Å². The van der Waals surface area contributed by atoms with Crippen LogP contribution in [0.15, 0.2) is 28.7 Å². The Morgan fingerprint density at radius 1 is 1.40 bits per heavy atom. The summed E-state index contributed by atoms with van der Waals surface area (Å²) < 4.78 is 44.0. The average molecular weight is 355 g/mol. The minimum absolute atomic E-state index is 0.178. The maximum absolute atomic E-state index is 13.0. The van der Waals surface area contributed by atoms with Crippen molar-refractivity contribution in [3.8, 4) is 0 Å². The molecule has 0 bridgehead atoms. The molecule has 0 aliphatic heterocycles. The van der Waals surface area contributed by atoms with Crippen LogP contribution in [0.25, 0.3) is 0 Å². The van der Waals surface area contributed by atoms with Gasteiger partial charge in [-0.2, -0.15) is 13.2 Å². The Kier molecular flexibility index (Phi) is 5.41. The molecule has 0 aromatic heterocycles. The van der Waals surface area contributed by atoms with E-state index in [1.54, 1.807) is 24.3 Å². The predicted molar refractivity (Wildman–Crippen MR) is 72.2 cm³/mol.